The number of aliphatic carboxylic acids is 2. The largest absolute Gasteiger partial charge is 0.479 e. The van der Waals surface area contributed by atoms with Gasteiger partial charge in [-0.05, 0) is 0 Å². The maximum Gasteiger partial charge on any atom is 0.340 e. The SMILES string of the molecule is O=C(O)C(Cl)(Cl)CC(Cl)(Cl)C(=O)O. The first-order valence-electron chi connectivity index (χ1n) is 2.82. The highest BCUT2D eigenvalue weighted by atomic mass is 35.5. The fourth-order valence-corrected chi connectivity index (χ4v) is 1.51. The van der Waals surface area contributed by atoms with Gasteiger partial charge in [0.15, 0.2) is 0 Å². The van der Waals surface area contributed by atoms with Gasteiger partial charge in [0.25, 0.3) is 0 Å². The van der Waals surface area contributed by atoms with Crippen molar-refractivity contribution in [2.45, 2.75) is 15.1 Å². The van der Waals surface area contributed by atoms with Gasteiger partial charge >= 0.3 is 11.9 Å². The van der Waals surface area contributed by atoms with Gasteiger partial charge in [-0.1, -0.05) is 46.4 Å². The van der Waals surface area contributed by atoms with E-state index >= 15 is 0 Å². The lowest BCUT2D eigenvalue weighted by atomic mass is 10.2. The van der Waals surface area contributed by atoms with Crippen LogP contribution >= 0.6 is 46.4 Å². The fourth-order valence-electron chi connectivity index (χ4n) is 0.430. The third kappa shape index (κ3) is 3.77. The highest BCUT2D eigenvalue weighted by Crippen LogP contribution is 2.37. The molecule has 0 radical (unpaired) electrons. The van der Waals surface area contributed by atoms with Gasteiger partial charge in [0, 0.05) is 6.42 Å². The molecule has 0 rings (SSSR count). The average Bonchev–Trinajstić information content (AvgIpc) is 1.83. The predicted octanol–water partition coefficient (Wildman–Crippen LogP) is 1.89. The lowest BCUT2D eigenvalue weighted by Gasteiger charge is -2.20. The number of hydrogen-bond donors (Lipinski definition) is 2. The molecule has 0 fully saturated rings. The van der Waals surface area contributed by atoms with E-state index in [4.69, 9.17) is 56.6 Å². The van der Waals surface area contributed by atoms with Crippen molar-refractivity contribution < 1.29 is 19.8 Å². The monoisotopic (exact) mass is 268 g/mol. The second-order valence-corrected chi connectivity index (χ2v) is 5.16. The second kappa shape index (κ2) is 4.09. The summed E-state index contributed by atoms with van der Waals surface area (Å²) in [5.74, 6) is -3.22. The summed E-state index contributed by atoms with van der Waals surface area (Å²) >= 11 is 20.9. The molecule has 0 amide bonds. The van der Waals surface area contributed by atoms with Gasteiger partial charge in [-0.25, -0.2) is 9.59 Å². The Morgan fingerprint density at radius 3 is 1.31 bits per heavy atom. The molecular formula is C5H4Cl4O4. The Labute approximate surface area is 93.3 Å². The van der Waals surface area contributed by atoms with E-state index in [0.717, 1.165) is 0 Å². The Balaban J connectivity index is 4.61. The van der Waals surface area contributed by atoms with E-state index in [0.29, 0.717) is 0 Å². The van der Waals surface area contributed by atoms with E-state index in [1.165, 1.54) is 0 Å². The zero-order valence-corrected chi connectivity index (χ0v) is 8.95. The summed E-state index contributed by atoms with van der Waals surface area (Å²) in [6, 6.07) is 0. The van der Waals surface area contributed by atoms with Crippen LogP contribution < -0.4 is 0 Å². The number of carboxylic acids is 2. The first-order chi connectivity index (χ1) is 5.59. The quantitative estimate of drug-likeness (QED) is 0.765. The summed E-state index contributed by atoms with van der Waals surface area (Å²) in [5, 5.41) is 16.8. The summed E-state index contributed by atoms with van der Waals surface area (Å²) in [7, 11) is 0. The van der Waals surface area contributed by atoms with Crippen molar-refractivity contribution >= 4 is 58.3 Å². The van der Waals surface area contributed by atoms with E-state index in [-0.39, 0.29) is 0 Å². The lowest BCUT2D eigenvalue weighted by molar-refractivity contribution is -0.139. The summed E-state index contributed by atoms with van der Waals surface area (Å²) in [6.07, 6.45) is -0.823. The van der Waals surface area contributed by atoms with Crippen molar-refractivity contribution in [3.63, 3.8) is 0 Å². The zero-order valence-electron chi connectivity index (χ0n) is 5.93. The predicted molar refractivity (Wildman–Crippen MR) is 48.8 cm³/mol. The Bertz CT molecular complexity index is 213. The highest BCUT2D eigenvalue weighted by Gasteiger charge is 2.46. The topological polar surface area (TPSA) is 74.6 Å². The van der Waals surface area contributed by atoms with Crippen LogP contribution in [0.4, 0.5) is 0 Å². The molecule has 0 saturated carbocycles. The highest BCUT2D eigenvalue weighted by molar-refractivity contribution is 6.61. The Kier molecular flexibility index (Phi) is 4.12. The smallest absolute Gasteiger partial charge is 0.340 e. The molecule has 0 heterocycles. The molecule has 76 valence electrons. The number of halogens is 4. The minimum atomic E-state index is -2.32. The molecule has 4 nitrogen and oxygen atoms in total. The number of rotatable bonds is 4. The van der Waals surface area contributed by atoms with E-state index in [1.807, 2.05) is 0 Å². The van der Waals surface area contributed by atoms with Gasteiger partial charge < -0.3 is 10.2 Å². The number of carboxylic acid groups (broad SMARTS) is 2. The molecule has 0 aliphatic carbocycles. The summed E-state index contributed by atoms with van der Waals surface area (Å²) in [6.45, 7) is 0. The molecule has 8 heteroatoms. The van der Waals surface area contributed by atoms with Crippen LogP contribution in [-0.4, -0.2) is 30.8 Å². The number of carbonyl (C=O) groups is 2. The minimum Gasteiger partial charge on any atom is -0.479 e. The van der Waals surface area contributed by atoms with Crippen LogP contribution in [0.2, 0.25) is 0 Å². The van der Waals surface area contributed by atoms with Crippen LogP contribution in [0.1, 0.15) is 6.42 Å². The maximum atomic E-state index is 10.3. The average molecular weight is 270 g/mol. The lowest BCUT2D eigenvalue weighted by Crippen LogP contribution is -2.37. The van der Waals surface area contributed by atoms with Crippen molar-refractivity contribution in [3.05, 3.63) is 0 Å². The molecule has 0 atom stereocenters. The number of hydrogen-bond acceptors (Lipinski definition) is 2. The molecule has 0 aliphatic heterocycles. The van der Waals surface area contributed by atoms with Crippen LogP contribution in [-0.2, 0) is 9.59 Å². The molecule has 13 heavy (non-hydrogen) atoms. The molecule has 0 aliphatic rings. The van der Waals surface area contributed by atoms with Crippen LogP contribution in [0.15, 0.2) is 0 Å². The summed E-state index contributed by atoms with van der Waals surface area (Å²) in [5.41, 5.74) is 0. The second-order valence-electron chi connectivity index (χ2n) is 2.20. The Hall–Kier alpha value is 0.1000. The minimum absolute atomic E-state index is 0.823. The zero-order chi connectivity index (χ0) is 10.9. The molecule has 0 aromatic heterocycles. The standard InChI is InChI=1S/C5H4Cl4O4/c6-4(7,2(10)11)1-5(8,9)3(12)13/h1H2,(H,10,11)(H,12,13). The molecular weight excluding hydrogens is 266 g/mol. The van der Waals surface area contributed by atoms with Crippen molar-refractivity contribution in [1.82, 2.24) is 0 Å². The van der Waals surface area contributed by atoms with E-state index in [2.05, 4.69) is 0 Å². The first kappa shape index (κ1) is 13.1. The van der Waals surface area contributed by atoms with Gasteiger partial charge in [0.1, 0.15) is 0 Å². The van der Waals surface area contributed by atoms with Gasteiger partial charge in [0.2, 0.25) is 8.67 Å². The van der Waals surface area contributed by atoms with E-state index in [1.54, 1.807) is 0 Å². The molecule has 0 bridgehead atoms. The van der Waals surface area contributed by atoms with Gasteiger partial charge in [-0.3, -0.25) is 0 Å². The van der Waals surface area contributed by atoms with E-state index < -0.39 is 27.0 Å². The van der Waals surface area contributed by atoms with E-state index in [9.17, 15) is 9.59 Å². The van der Waals surface area contributed by atoms with Crippen molar-refractivity contribution in [2.24, 2.45) is 0 Å². The third-order valence-electron chi connectivity index (χ3n) is 1.07. The van der Waals surface area contributed by atoms with Crippen LogP contribution in [0.3, 0.4) is 0 Å². The molecule has 0 saturated heterocycles. The normalized spacial score (nSPS) is 12.6. The summed E-state index contributed by atoms with van der Waals surface area (Å²) < 4.78 is -4.64. The Morgan fingerprint density at radius 2 is 1.15 bits per heavy atom. The number of alkyl halides is 4. The van der Waals surface area contributed by atoms with Gasteiger partial charge in [-0.15, -0.1) is 0 Å². The first-order valence-corrected chi connectivity index (χ1v) is 4.33. The van der Waals surface area contributed by atoms with Crippen LogP contribution in [0.25, 0.3) is 0 Å². The van der Waals surface area contributed by atoms with Crippen molar-refractivity contribution in [2.75, 3.05) is 0 Å². The van der Waals surface area contributed by atoms with Crippen molar-refractivity contribution in [3.8, 4) is 0 Å². The molecule has 0 spiro atoms. The molecule has 0 aromatic carbocycles. The van der Waals surface area contributed by atoms with Gasteiger partial charge in [0.05, 0.1) is 0 Å². The Morgan fingerprint density at radius 1 is 0.923 bits per heavy atom. The molecule has 0 aromatic rings. The third-order valence-corrected chi connectivity index (χ3v) is 2.25. The summed E-state index contributed by atoms with van der Waals surface area (Å²) in [4.78, 5) is 20.7. The molecule has 2 N–H and O–H groups in total. The fraction of sp³-hybridized carbons (Fsp3) is 0.600. The van der Waals surface area contributed by atoms with Crippen molar-refractivity contribution in [1.29, 1.82) is 0 Å². The van der Waals surface area contributed by atoms with Gasteiger partial charge in [-0.2, -0.15) is 0 Å². The molecule has 0 unspecified atom stereocenters. The van der Waals surface area contributed by atoms with Crippen LogP contribution in [0.5, 0.6) is 0 Å². The maximum absolute atomic E-state index is 10.3. The van der Waals surface area contributed by atoms with Crippen LogP contribution in [0, 0.1) is 0 Å².